The summed E-state index contributed by atoms with van der Waals surface area (Å²) in [6, 6.07) is 6.70. The van der Waals surface area contributed by atoms with Crippen molar-refractivity contribution in [3.63, 3.8) is 0 Å². The molecule has 2 heterocycles. The molecular weight excluding hydrogens is 677 g/mol. The molecule has 43 heavy (non-hydrogen) atoms. The predicted molar refractivity (Wildman–Crippen MR) is 154 cm³/mol. The molecule has 240 valence electrons. The number of hydrogen-bond donors (Lipinski definition) is 5. The van der Waals surface area contributed by atoms with Gasteiger partial charge < -0.3 is 29.0 Å². The number of hydrogen-bond acceptors (Lipinski definition) is 13. The Balaban J connectivity index is 1.86. The molecule has 1 aromatic heterocycles. The fraction of sp³-hybridized carbons (Fsp3) is 0.476. The van der Waals surface area contributed by atoms with E-state index in [0.717, 1.165) is 10.3 Å². The van der Waals surface area contributed by atoms with E-state index in [2.05, 4.69) is 13.6 Å². The van der Waals surface area contributed by atoms with Crippen molar-refractivity contribution < 1.29 is 60.7 Å². The average molecular weight is 707 g/mol. The summed E-state index contributed by atoms with van der Waals surface area (Å²) in [4.78, 5) is 76.4. The van der Waals surface area contributed by atoms with E-state index in [0.29, 0.717) is 5.56 Å². The molecule has 1 aliphatic heterocycles. The number of carbonyl (C=O) groups is 1. The van der Waals surface area contributed by atoms with Crippen molar-refractivity contribution in [2.75, 3.05) is 12.4 Å². The number of esters is 1. The molecule has 1 aromatic carbocycles. The van der Waals surface area contributed by atoms with Crippen LogP contribution in [0.1, 0.15) is 53.2 Å². The van der Waals surface area contributed by atoms with E-state index < -0.39 is 65.7 Å². The van der Waals surface area contributed by atoms with Crippen LogP contribution in [0.4, 0.5) is 0 Å². The van der Waals surface area contributed by atoms with Gasteiger partial charge in [-0.25, -0.2) is 23.3 Å². The zero-order valence-corrected chi connectivity index (χ0v) is 27.0. The predicted octanol–water partition coefficient (Wildman–Crippen LogP) is 3.16. The Morgan fingerprint density at radius 2 is 1.81 bits per heavy atom. The maximum atomic E-state index is 13.3. The van der Waals surface area contributed by atoms with E-state index in [4.69, 9.17) is 23.8 Å². The summed E-state index contributed by atoms with van der Waals surface area (Å²) in [5.41, 5.74) is -0.448. The number of rotatable bonds is 14. The lowest BCUT2D eigenvalue weighted by atomic mass is 10.0. The molecule has 0 radical (unpaired) electrons. The molecule has 17 nitrogen and oxygen atoms in total. The van der Waals surface area contributed by atoms with Gasteiger partial charge in [-0.15, -0.1) is 0 Å². The molecule has 1 saturated heterocycles. The maximum absolute atomic E-state index is 13.3. The van der Waals surface area contributed by atoms with Crippen LogP contribution in [0.2, 0.25) is 0 Å². The number of phosphoric acid groups is 3. The number of nitrogens with one attached hydrogen (secondary N) is 1. The van der Waals surface area contributed by atoms with Crippen LogP contribution in [0, 0.1) is 6.92 Å². The highest BCUT2D eigenvalue weighted by molar-refractivity contribution is 8.76. The second-order valence-electron chi connectivity index (χ2n) is 8.91. The Bertz CT molecular complexity index is 1580. The van der Waals surface area contributed by atoms with E-state index in [-0.39, 0.29) is 22.8 Å². The Morgan fingerprint density at radius 3 is 2.47 bits per heavy atom. The standard InChI is InChI=1S/C21H29N2O15P3S2/c1-4-42-43-13(3)14-7-5-6-8-15(14)20(25)36-16-9-18(23-10-12(2)19(24)22-21(23)26)35-17(16)11-34-40(30,31)38-41(32,33)37-39(27,28)29/h5-8,10,13,16-18H,4,9,11H2,1-3H3,(H,30,31)(H,32,33)(H,22,24,26)(H2,27,28,29)/t13?,16-,17-,18-/m1/s1. The minimum atomic E-state index is -5.79. The molecule has 1 aliphatic rings. The Morgan fingerprint density at radius 1 is 1.14 bits per heavy atom. The molecule has 3 rings (SSSR count). The van der Waals surface area contributed by atoms with Crippen LogP contribution >= 0.6 is 45.1 Å². The summed E-state index contributed by atoms with van der Waals surface area (Å²) >= 11 is 0. The first-order valence-corrected chi connectivity index (χ1v) is 19.2. The minimum absolute atomic E-state index is 0.106. The lowest BCUT2D eigenvalue weighted by Crippen LogP contribution is -2.33. The molecule has 0 amide bonds. The third-order valence-corrected chi connectivity index (χ3v) is 12.4. The quantitative estimate of drug-likeness (QED) is 0.107. The lowest BCUT2D eigenvalue weighted by Gasteiger charge is -2.22. The van der Waals surface area contributed by atoms with Gasteiger partial charge in [0.05, 0.1) is 12.2 Å². The number of H-pyrrole nitrogens is 1. The highest BCUT2D eigenvalue weighted by Gasteiger charge is 2.44. The number of ether oxygens (including phenoxy) is 2. The highest BCUT2D eigenvalue weighted by atomic mass is 33.1. The largest absolute Gasteiger partial charge is 0.490 e. The molecule has 2 aromatic rings. The number of aromatic amines is 1. The fourth-order valence-corrected chi connectivity index (χ4v) is 8.89. The van der Waals surface area contributed by atoms with E-state index in [1.54, 1.807) is 45.9 Å². The SMILES string of the molecule is CCSSC(C)c1ccccc1C(=O)O[C@@H]1C[C@H](n2cc(C)c(=O)[nH]c2=O)O[C@@H]1COP(=O)(O)OP(=O)(O)OP(=O)(O)O. The zero-order valence-electron chi connectivity index (χ0n) is 22.7. The van der Waals surface area contributed by atoms with Crippen molar-refractivity contribution >= 4 is 51.0 Å². The normalized spacial score (nSPS) is 22.4. The molecule has 0 bridgehead atoms. The average Bonchev–Trinajstić information content (AvgIpc) is 3.28. The molecule has 6 atom stereocenters. The van der Waals surface area contributed by atoms with Gasteiger partial charge >= 0.3 is 35.1 Å². The third-order valence-electron chi connectivity index (χ3n) is 5.66. The molecule has 0 aliphatic carbocycles. The monoisotopic (exact) mass is 706 g/mol. The number of carbonyl (C=O) groups excluding carboxylic acids is 1. The molecule has 1 fully saturated rings. The van der Waals surface area contributed by atoms with E-state index in [9.17, 15) is 37.9 Å². The van der Waals surface area contributed by atoms with Crippen LogP contribution in [0.25, 0.3) is 0 Å². The molecule has 3 unspecified atom stereocenters. The number of phosphoric ester groups is 1. The van der Waals surface area contributed by atoms with Gasteiger partial charge in [0.25, 0.3) is 5.56 Å². The van der Waals surface area contributed by atoms with Crippen molar-refractivity contribution in [2.45, 2.75) is 50.9 Å². The summed E-state index contributed by atoms with van der Waals surface area (Å²) in [5, 5.41) is -0.106. The van der Waals surface area contributed by atoms with Gasteiger partial charge in [-0.1, -0.05) is 46.7 Å². The topological polar surface area (TPSA) is 250 Å². The first kappa shape index (κ1) is 35.9. The lowest BCUT2D eigenvalue weighted by molar-refractivity contribution is -0.0512. The number of aromatic nitrogens is 2. The molecule has 5 N–H and O–H groups in total. The van der Waals surface area contributed by atoms with Crippen LogP contribution in [-0.2, 0) is 36.3 Å². The maximum Gasteiger partial charge on any atom is 0.490 e. The van der Waals surface area contributed by atoms with Crippen molar-refractivity contribution in [3.8, 4) is 0 Å². The van der Waals surface area contributed by atoms with Gasteiger partial charge in [0.15, 0.2) is 0 Å². The summed E-state index contributed by atoms with van der Waals surface area (Å²) < 4.78 is 59.4. The van der Waals surface area contributed by atoms with Gasteiger partial charge in [-0.05, 0) is 25.5 Å². The molecule has 0 saturated carbocycles. The van der Waals surface area contributed by atoms with Gasteiger partial charge in [0.1, 0.15) is 18.4 Å². The van der Waals surface area contributed by atoms with Crippen molar-refractivity contribution in [2.24, 2.45) is 0 Å². The van der Waals surface area contributed by atoms with Crippen LogP contribution in [-0.4, -0.2) is 59.7 Å². The highest BCUT2D eigenvalue weighted by Crippen LogP contribution is 2.66. The van der Waals surface area contributed by atoms with E-state index in [1.807, 2.05) is 13.8 Å². The second kappa shape index (κ2) is 14.7. The smallest absolute Gasteiger partial charge is 0.456 e. The summed E-state index contributed by atoms with van der Waals surface area (Å²) in [6.45, 7) is 4.39. The Labute approximate surface area is 252 Å². The number of benzene rings is 1. The van der Waals surface area contributed by atoms with Crippen molar-refractivity contribution in [1.82, 2.24) is 9.55 Å². The van der Waals surface area contributed by atoms with E-state index in [1.165, 1.54) is 13.1 Å². The van der Waals surface area contributed by atoms with Crippen molar-refractivity contribution in [1.29, 1.82) is 0 Å². The Hall–Kier alpha value is -1.56. The Kier molecular flexibility index (Phi) is 12.3. The van der Waals surface area contributed by atoms with Crippen molar-refractivity contribution in [3.05, 3.63) is 68.0 Å². The third kappa shape index (κ3) is 10.5. The van der Waals surface area contributed by atoms with E-state index >= 15 is 0 Å². The first-order valence-electron chi connectivity index (χ1n) is 12.3. The number of nitrogens with zero attached hydrogens (tertiary/aromatic N) is 1. The van der Waals surface area contributed by atoms with Gasteiger partial charge in [0.2, 0.25) is 0 Å². The van der Waals surface area contributed by atoms with Crippen LogP contribution in [0.3, 0.4) is 0 Å². The summed E-state index contributed by atoms with van der Waals surface area (Å²) in [7, 11) is -13.8. The van der Waals surface area contributed by atoms with Crippen LogP contribution in [0.15, 0.2) is 40.1 Å². The zero-order chi connectivity index (χ0) is 32.2. The van der Waals surface area contributed by atoms with Gasteiger partial charge in [-0.3, -0.25) is 18.9 Å². The number of aryl methyl sites for hydroxylation is 1. The van der Waals surface area contributed by atoms with Gasteiger partial charge in [-0.2, -0.15) is 8.62 Å². The summed E-state index contributed by atoms with van der Waals surface area (Å²) in [6.07, 6.45) is -2.77. The molecule has 0 spiro atoms. The molecular formula is C21H29N2O15P3S2. The first-order chi connectivity index (χ1) is 19.9. The molecule has 22 heteroatoms. The van der Waals surface area contributed by atoms with Crippen LogP contribution < -0.4 is 11.2 Å². The second-order valence-corrected chi connectivity index (χ2v) is 16.3. The summed E-state index contributed by atoms with van der Waals surface area (Å²) in [5.74, 6) is 0.0515. The fourth-order valence-electron chi connectivity index (χ4n) is 3.88. The minimum Gasteiger partial charge on any atom is -0.456 e. The van der Waals surface area contributed by atoms with Gasteiger partial charge in [0, 0.05) is 29.2 Å². The van der Waals surface area contributed by atoms with Crippen LogP contribution in [0.5, 0.6) is 0 Å².